The number of likely N-dealkylation sites (tertiary alicyclic amines) is 1. The number of carbonyl (C=O) groups excluding carboxylic acids is 4. The molecule has 1 saturated heterocycles. The van der Waals surface area contributed by atoms with Crippen LogP contribution in [0, 0.1) is 0 Å². The van der Waals surface area contributed by atoms with Crippen molar-refractivity contribution in [3.05, 3.63) is 0 Å². The maximum atomic E-state index is 12.2. The molecule has 0 spiro atoms. The van der Waals surface area contributed by atoms with E-state index in [2.05, 4.69) is 12.0 Å². The molecule has 1 heterocycles. The maximum Gasteiger partial charge on any atom is 0.242 e. The number of ketones is 1. The third kappa shape index (κ3) is 8.82. The molecule has 1 aliphatic rings. The van der Waals surface area contributed by atoms with Gasteiger partial charge in [-0.25, -0.2) is 0 Å². The quantitative estimate of drug-likeness (QED) is 0.296. The molecule has 0 aliphatic carbocycles. The lowest BCUT2D eigenvalue weighted by Gasteiger charge is -2.14. The summed E-state index contributed by atoms with van der Waals surface area (Å²) in [6, 6.07) is 0. The second-order valence-electron chi connectivity index (χ2n) is 6.16. The Balaban J connectivity index is 2.17. The van der Waals surface area contributed by atoms with Crippen LogP contribution in [0.4, 0.5) is 0 Å². The van der Waals surface area contributed by atoms with Crippen molar-refractivity contribution < 1.29 is 19.2 Å². The fourth-order valence-corrected chi connectivity index (χ4v) is 4.11. The van der Waals surface area contributed by atoms with E-state index in [4.69, 9.17) is 0 Å². The van der Waals surface area contributed by atoms with Gasteiger partial charge in [-0.05, 0) is 32.6 Å². The number of unbranched alkanes of at least 4 members (excludes halogenated alkanes) is 2. The third-order valence-corrected chi connectivity index (χ3v) is 5.92. The summed E-state index contributed by atoms with van der Waals surface area (Å²) in [6.07, 6.45) is 4.52. The number of carbonyl (C=O) groups is 4. The lowest BCUT2D eigenvalue weighted by molar-refractivity contribution is -0.138. The van der Waals surface area contributed by atoms with Crippen molar-refractivity contribution >= 4 is 43.8 Å². The van der Waals surface area contributed by atoms with Crippen LogP contribution in [-0.2, 0) is 19.2 Å². The van der Waals surface area contributed by atoms with Gasteiger partial charge in [-0.15, -0.1) is 20.3 Å². The molecule has 0 aromatic carbocycles. The molecular formula is C17H29N2O4PS. The van der Waals surface area contributed by atoms with Gasteiger partial charge in [0.2, 0.25) is 17.7 Å². The van der Waals surface area contributed by atoms with Gasteiger partial charge in [0.05, 0.1) is 5.25 Å². The molecule has 1 rings (SSSR count). The first-order valence-electron chi connectivity index (χ1n) is 8.82. The molecule has 0 aromatic heterocycles. The van der Waals surface area contributed by atoms with E-state index in [1.54, 1.807) is 0 Å². The Morgan fingerprint density at radius 1 is 1.24 bits per heavy atom. The van der Waals surface area contributed by atoms with Crippen molar-refractivity contribution in [1.82, 2.24) is 10.2 Å². The van der Waals surface area contributed by atoms with Crippen LogP contribution in [0.5, 0.6) is 0 Å². The van der Waals surface area contributed by atoms with Gasteiger partial charge in [-0.1, -0.05) is 6.42 Å². The van der Waals surface area contributed by atoms with Crippen molar-refractivity contribution in [1.29, 1.82) is 0 Å². The summed E-state index contributed by atoms with van der Waals surface area (Å²) in [5.74, 6) is 0.509. The second kappa shape index (κ2) is 12.4. The molecular weight excluding hydrogens is 359 g/mol. The van der Waals surface area contributed by atoms with Crippen LogP contribution in [0.2, 0.25) is 0 Å². The molecule has 0 aromatic rings. The standard InChI is InChI=1S/C17H29N2O4PS/c1-13(20)7-11-25-14-12-16(22)19(17(14)23)9-5-3-4-6-15(21)18-8-10-24-2/h14,24H,3-12H2,1-2H3,(H,18,21). The number of nitrogens with zero attached hydrogens (tertiary/aromatic N) is 1. The number of rotatable bonds is 13. The van der Waals surface area contributed by atoms with Crippen LogP contribution in [-0.4, -0.2) is 65.3 Å². The first-order valence-corrected chi connectivity index (χ1v) is 11.6. The van der Waals surface area contributed by atoms with Gasteiger partial charge >= 0.3 is 0 Å². The molecule has 0 bridgehead atoms. The Bertz CT molecular complexity index is 487. The zero-order valence-electron chi connectivity index (χ0n) is 15.1. The fourth-order valence-electron chi connectivity index (χ4n) is 2.51. The molecule has 142 valence electrons. The van der Waals surface area contributed by atoms with E-state index in [0.29, 0.717) is 25.1 Å². The molecule has 0 saturated carbocycles. The Kier molecular flexibility index (Phi) is 11.0. The average molecular weight is 388 g/mol. The van der Waals surface area contributed by atoms with Crippen LogP contribution < -0.4 is 5.32 Å². The zero-order valence-corrected chi connectivity index (χ0v) is 17.0. The van der Waals surface area contributed by atoms with Crippen LogP contribution in [0.3, 0.4) is 0 Å². The molecule has 0 radical (unpaired) electrons. The predicted molar refractivity (Wildman–Crippen MR) is 103 cm³/mol. The number of thioether (sulfide) groups is 1. The minimum atomic E-state index is -0.336. The second-order valence-corrected chi connectivity index (χ2v) is 8.68. The number of imide groups is 1. The summed E-state index contributed by atoms with van der Waals surface area (Å²) in [7, 11) is 0.851. The van der Waals surface area contributed by atoms with Gasteiger partial charge in [0.1, 0.15) is 5.78 Å². The SMILES string of the molecule is CPCCNC(=O)CCCCCN1C(=O)CC(SCCC(C)=O)C1=O. The molecule has 6 nitrogen and oxygen atoms in total. The molecule has 8 heteroatoms. The smallest absolute Gasteiger partial charge is 0.242 e. The van der Waals surface area contributed by atoms with Gasteiger partial charge in [0.15, 0.2) is 0 Å². The summed E-state index contributed by atoms with van der Waals surface area (Å²) in [4.78, 5) is 48.1. The van der Waals surface area contributed by atoms with Crippen molar-refractivity contribution in [2.24, 2.45) is 0 Å². The number of Topliss-reactive ketones (excluding diaryl/α,β-unsaturated/α-hetero) is 1. The lowest BCUT2D eigenvalue weighted by atomic mass is 10.2. The molecule has 1 fully saturated rings. The van der Waals surface area contributed by atoms with E-state index in [1.165, 1.54) is 23.6 Å². The molecule has 1 N–H and O–H groups in total. The van der Waals surface area contributed by atoms with Gasteiger partial charge in [0.25, 0.3) is 0 Å². The normalized spacial score (nSPS) is 17.7. The van der Waals surface area contributed by atoms with Crippen molar-refractivity contribution in [3.8, 4) is 0 Å². The Labute approximate surface area is 156 Å². The lowest BCUT2D eigenvalue weighted by Crippen LogP contribution is -2.32. The molecule has 1 aliphatic heterocycles. The summed E-state index contributed by atoms with van der Waals surface area (Å²) in [5, 5.41) is 2.55. The van der Waals surface area contributed by atoms with Crippen molar-refractivity contribution in [2.45, 2.75) is 50.7 Å². The Morgan fingerprint density at radius 3 is 2.68 bits per heavy atom. The average Bonchev–Trinajstić information content (AvgIpc) is 2.82. The molecule has 2 unspecified atom stereocenters. The van der Waals surface area contributed by atoms with Crippen LogP contribution in [0.15, 0.2) is 0 Å². The zero-order chi connectivity index (χ0) is 18.7. The van der Waals surface area contributed by atoms with E-state index in [0.717, 1.165) is 40.5 Å². The van der Waals surface area contributed by atoms with Crippen LogP contribution in [0.1, 0.15) is 45.4 Å². The van der Waals surface area contributed by atoms with Gasteiger partial charge in [0, 0.05) is 38.1 Å². The maximum absolute atomic E-state index is 12.2. The monoisotopic (exact) mass is 388 g/mol. The van der Waals surface area contributed by atoms with Gasteiger partial charge in [-0.3, -0.25) is 24.1 Å². The van der Waals surface area contributed by atoms with Crippen molar-refractivity contribution in [2.75, 3.05) is 31.7 Å². The van der Waals surface area contributed by atoms with E-state index in [1.807, 2.05) is 0 Å². The van der Waals surface area contributed by atoms with Gasteiger partial charge in [-0.2, -0.15) is 0 Å². The summed E-state index contributed by atoms with van der Waals surface area (Å²) in [5.41, 5.74) is 0. The summed E-state index contributed by atoms with van der Waals surface area (Å²) in [6.45, 7) is 4.81. The highest BCUT2D eigenvalue weighted by Crippen LogP contribution is 2.26. The highest BCUT2D eigenvalue weighted by molar-refractivity contribution is 8.00. The van der Waals surface area contributed by atoms with E-state index in [-0.39, 0.29) is 35.2 Å². The third-order valence-electron chi connectivity index (χ3n) is 3.96. The fraction of sp³-hybridized carbons (Fsp3) is 0.765. The van der Waals surface area contributed by atoms with E-state index in [9.17, 15) is 19.2 Å². The first kappa shape index (κ1) is 22.1. The summed E-state index contributed by atoms with van der Waals surface area (Å²) >= 11 is 1.40. The molecule has 25 heavy (non-hydrogen) atoms. The first-order chi connectivity index (χ1) is 12.0. The minimum absolute atomic E-state index is 0.0773. The topological polar surface area (TPSA) is 83.6 Å². The minimum Gasteiger partial charge on any atom is -0.356 e. The van der Waals surface area contributed by atoms with E-state index < -0.39 is 0 Å². The predicted octanol–water partition coefficient (Wildman–Crippen LogP) is 1.81. The Hall–Kier alpha value is -0.940. The number of hydrogen-bond donors (Lipinski definition) is 1. The summed E-state index contributed by atoms with van der Waals surface area (Å²) < 4.78 is 0. The highest BCUT2D eigenvalue weighted by Gasteiger charge is 2.38. The van der Waals surface area contributed by atoms with Gasteiger partial charge < -0.3 is 5.32 Å². The number of amides is 3. The molecule has 2 atom stereocenters. The highest BCUT2D eigenvalue weighted by atomic mass is 32.2. The molecule has 3 amide bonds. The number of hydrogen-bond acceptors (Lipinski definition) is 5. The van der Waals surface area contributed by atoms with E-state index >= 15 is 0 Å². The van der Waals surface area contributed by atoms with Crippen LogP contribution >= 0.6 is 20.3 Å². The van der Waals surface area contributed by atoms with Crippen LogP contribution in [0.25, 0.3) is 0 Å². The largest absolute Gasteiger partial charge is 0.356 e. The number of nitrogens with one attached hydrogen (secondary N) is 1. The van der Waals surface area contributed by atoms with Crippen molar-refractivity contribution in [3.63, 3.8) is 0 Å². The Morgan fingerprint density at radius 2 is 2.00 bits per heavy atom.